The van der Waals surface area contributed by atoms with E-state index in [0.29, 0.717) is 6.54 Å². The Morgan fingerprint density at radius 2 is 1.97 bits per heavy atom. The molecule has 1 aromatic heterocycles. The van der Waals surface area contributed by atoms with Crippen molar-refractivity contribution in [3.8, 4) is 5.75 Å². The summed E-state index contributed by atoms with van der Waals surface area (Å²) < 4.78 is 5.45. The summed E-state index contributed by atoms with van der Waals surface area (Å²) in [6, 6.07) is 12.7. The van der Waals surface area contributed by atoms with Crippen molar-refractivity contribution in [3.63, 3.8) is 0 Å². The Labute approximate surface area is 203 Å². The van der Waals surface area contributed by atoms with Crippen molar-refractivity contribution in [2.75, 3.05) is 52.8 Å². The summed E-state index contributed by atoms with van der Waals surface area (Å²) in [6.07, 6.45) is 4.32. The number of methoxy groups -OCH3 is 1. The number of ether oxygens (including phenoxy) is 1. The third-order valence-electron chi connectivity index (χ3n) is 5.48. The summed E-state index contributed by atoms with van der Waals surface area (Å²) in [5.74, 6) is 2.65. The van der Waals surface area contributed by atoms with Crippen molar-refractivity contribution < 1.29 is 4.74 Å². The quantitative estimate of drug-likeness (QED) is 0.306. The topological polar surface area (TPSA) is 65.0 Å². The monoisotopic (exact) mass is 538 g/mol. The van der Waals surface area contributed by atoms with Gasteiger partial charge in [-0.2, -0.15) is 0 Å². The lowest BCUT2D eigenvalue weighted by Crippen LogP contribution is -2.42. The Bertz CT molecular complexity index is 838. The Balaban J connectivity index is 0.00000341. The second kappa shape index (κ2) is 12.7. The number of guanidine groups is 1. The maximum Gasteiger partial charge on any atom is 0.191 e. The number of hydrogen-bond acceptors (Lipinski definition) is 5. The molecule has 1 unspecified atom stereocenters. The number of nitrogens with zero attached hydrogens (tertiary/aromatic N) is 4. The maximum absolute atomic E-state index is 5.45. The predicted molar refractivity (Wildman–Crippen MR) is 139 cm³/mol. The molecule has 3 rings (SSSR count). The van der Waals surface area contributed by atoms with Crippen LogP contribution in [0, 0.1) is 0 Å². The number of nitrogens with one attached hydrogen (secondary N) is 2. The van der Waals surface area contributed by atoms with Crippen LogP contribution in [0.1, 0.15) is 30.0 Å². The van der Waals surface area contributed by atoms with E-state index in [1.54, 1.807) is 7.11 Å². The molecule has 1 aromatic carbocycles. The van der Waals surface area contributed by atoms with E-state index in [4.69, 9.17) is 4.74 Å². The second-order valence-electron chi connectivity index (χ2n) is 7.72. The SMILES string of the molecule is CN=C(NCc1cccnc1N(C)C)NCC(c1cccc(OC)c1)N1CCCC1.I. The molecule has 2 N–H and O–H groups in total. The first-order valence-electron chi connectivity index (χ1n) is 10.6. The zero-order chi connectivity index (χ0) is 21.3. The van der Waals surface area contributed by atoms with Gasteiger partial charge in [0, 0.05) is 46.0 Å². The van der Waals surface area contributed by atoms with Crippen LogP contribution in [0.3, 0.4) is 0 Å². The van der Waals surface area contributed by atoms with Crippen molar-refractivity contribution >= 4 is 35.8 Å². The molecule has 7 nitrogen and oxygen atoms in total. The Hall–Kier alpha value is -2.07. The molecule has 1 saturated heterocycles. The standard InChI is InChI=1S/C23H34N6O.HI/c1-24-23(26-16-19-10-8-12-25-22(19)28(2)3)27-17-21(29-13-5-6-14-29)18-9-7-11-20(15-18)30-4;/h7-12,15,21H,5-6,13-14,16-17H2,1-4H3,(H2,24,26,27);1H. The predicted octanol–water partition coefficient (Wildman–Crippen LogP) is 3.28. The minimum Gasteiger partial charge on any atom is -0.497 e. The van der Waals surface area contributed by atoms with Crippen LogP contribution in [0.5, 0.6) is 5.75 Å². The maximum atomic E-state index is 5.45. The van der Waals surface area contributed by atoms with Crippen molar-refractivity contribution in [2.45, 2.75) is 25.4 Å². The van der Waals surface area contributed by atoms with Gasteiger partial charge < -0.3 is 20.3 Å². The molecule has 0 saturated carbocycles. The molecule has 0 spiro atoms. The molecule has 2 heterocycles. The van der Waals surface area contributed by atoms with Gasteiger partial charge in [-0.3, -0.25) is 9.89 Å². The molecule has 170 valence electrons. The van der Waals surface area contributed by atoms with Crippen molar-refractivity contribution in [3.05, 3.63) is 53.7 Å². The van der Waals surface area contributed by atoms with Crippen LogP contribution in [0.15, 0.2) is 47.6 Å². The highest BCUT2D eigenvalue weighted by Crippen LogP contribution is 2.27. The summed E-state index contributed by atoms with van der Waals surface area (Å²) in [5.41, 5.74) is 2.40. The molecule has 1 atom stereocenters. The van der Waals surface area contributed by atoms with Gasteiger partial charge in [-0.1, -0.05) is 18.2 Å². The lowest BCUT2D eigenvalue weighted by Gasteiger charge is -2.29. The number of rotatable bonds is 8. The van der Waals surface area contributed by atoms with Gasteiger partial charge in [-0.05, 0) is 49.7 Å². The molecule has 1 fully saturated rings. The van der Waals surface area contributed by atoms with E-state index in [-0.39, 0.29) is 30.0 Å². The van der Waals surface area contributed by atoms with Crippen molar-refractivity contribution in [1.29, 1.82) is 0 Å². The Morgan fingerprint density at radius 3 is 2.65 bits per heavy atom. The lowest BCUT2D eigenvalue weighted by molar-refractivity contribution is 0.245. The molecule has 2 aromatic rings. The van der Waals surface area contributed by atoms with E-state index in [0.717, 1.165) is 42.7 Å². The number of likely N-dealkylation sites (tertiary alicyclic amines) is 1. The van der Waals surface area contributed by atoms with Crippen LogP contribution >= 0.6 is 24.0 Å². The fourth-order valence-corrected chi connectivity index (χ4v) is 3.92. The van der Waals surface area contributed by atoms with Crippen LogP contribution in [0.2, 0.25) is 0 Å². The third-order valence-corrected chi connectivity index (χ3v) is 5.48. The zero-order valence-electron chi connectivity index (χ0n) is 19.0. The molecule has 0 bridgehead atoms. The highest BCUT2D eigenvalue weighted by Gasteiger charge is 2.24. The van der Waals surface area contributed by atoms with Gasteiger partial charge >= 0.3 is 0 Å². The van der Waals surface area contributed by atoms with Gasteiger partial charge in [-0.25, -0.2) is 4.98 Å². The summed E-state index contributed by atoms with van der Waals surface area (Å²) in [6.45, 7) is 3.68. The van der Waals surface area contributed by atoms with E-state index in [1.165, 1.54) is 18.4 Å². The zero-order valence-corrected chi connectivity index (χ0v) is 21.3. The van der Waals surface area contributed by atoms with Crippen LogP contribution in [-0.2, 0) is 6.54 Å². The number of benzene rings is 1. The van der Waals surface area contributed by atoms with Gasteiger partial charge in [0.05, 0.1) is 13.2 Å². The highest BCUT2D eigenvalue weighted by atomic mass is 127. The molecule has 1 aliphatic heterocycles. The van der Waals surface area contributed by atoms with Crippen LogP contribution in [0.4, 0.5) is 5.82 Å². The third kappa shape index (κ3) is 6.96. The Kier molecular flexibility index (Phi) is 10.3. The van der Waals surface area contributed by atoms with Crippen LogP contribution < -0.4 is 20.3 Å². The van der Waals surface area contributed by atoms with Crippen LogP contribution in [0.25, 0.3) is 0 Å². The average molecular weight is 538 g/mol. The normalized spacial score (nSPS) is 15.2. The Morgan fingerprint density at radius 1 is 1.19 bits per heavy atom. The van der Waals surface area contributed by atoms with Crippen molar-refractivity contribution in [1.82, 2.24) is 20.5 Å². The van der Waals surface area contributed by atoms with Crippen molar-refractivity contribution in [2.24, 2.45) is 4.99 Å². The first kappa shape index (κ1) is 25.2. The van der Waals surface area contributed by atoms with E-state index >= 15 is 0 Å². The summed E-state index contributed by atoms with van der Waals surface area (Å²) in [4.78, 5) is 13.5. The van der Waals surface area contributed by atoms with Gasteiger partial charge in [-0.15, -0.1) is 24.0 Å². The number of hydrogen-bond donors (Lipinski definition) is 2. The fraction of sp³-hybridized carbons (Fsp3) is 0.478. The second-order valence-corrected chi connectivity index (χ2v) is 7.72. The van der Waals surface area contributed by atoms with E-state index in [1.807, 2.05) is 44.4 Å². The minimum atomic E-state index is 0. The number of halogens is 1. The van der Waals surface area contributed by atoms with Gasteiger partial charge in [0.2, 0.25) is 0 Å². The average Bonchev–Trinajstić information content (AvgIpc) is 3.31. The molecule has 8 heteroatoms. The number of aromatic nitrogens is 1. The number of aliphatic imine (C=N–C) groups is 1. The first-order valence-corrected chi connectivity index (χ1v) is 10.6. The highest BCUT2D eigenvalue weighted by molar-refractivity contribution is 14.0. The molecule has 31 heavy (non-hydrogen) atoms. The minimum absolute atomic E-state index is 0. The number of pyridine rings is 1. The van der Waals surface area contributed by atoms with Gasteiger partial charge in [0.15, 0.2) is 5.96 Å². The molecular formula is C23H35IN6O. The fourth-order valence-electron chi connectivity index (χ4n) is 3.92. The van der Waals surface area contributed by atoms with E-state index < -0.39 is 0 Å². The first-order chi connectivity index (χ1) is 14.6. The van der Waals surface area contributed by atoms with Gasteiger partial charge in [0.25, 0.3) is 0 Å². The molecule has 0 radical (unpaired) electrons. The molecule has 1 aliphatic rings. The number of anilines is 1. The lowest BCUT2D eigenvalue weighted by atomic mass is 10.1. The summed E-state index contributed by atoms with van der Waals surface area (Å²) in [5, 5.41) is 6.95. The molecule has 0 aliphatic carbocycles. The summed E-state index contributed by atoms with van der Waals surface area (Å²) in [7, 11) is 7.54. The van der Waals surface area contributed by atoms with Crippen LogP contribution in [-0.4, -0.2) is 63.7 Å². The van der Waals surface area contributed by atoms with E-state index in [9.17, 15) is 0 Å². The smallest absolute Gasteiger partial charge is 0.191 e. The summed E-state index contributed by atoms with van der Waals surface area (Å²) >= 11 is 0. The molecular weight excluding hydrogens is 503 g/mol. The largest absolute Gasteiger partial charge is 0.497 e. The molecule has 0 amide bonds. The van der Waals surface area contributed by atoms with Gasteiger partial charge in [0.1, 0.15) is 11.6 Å². The van der Waals surface area contributed by atoms with E-state index in [2.05, 4.69) is 49.8 Å².